The fourth-order valence-electron chi connectivity index (χ4n) is 1.65. The predicted octanol–water partition coefficient (Wildman–Crippen LogP) is 0.936. The summed E-state index contributed by atoms with van der Waals surface area (Å²) in [5.41, 5.74) is 5.32. The van der Waals surface area contributed by atoms with Crippen LogP contribution < -0.4 is 11.1 Å². The summed E-state index contributed by atoms with van der Waals surface area (Å²) in [4.78, 5) is 23.4. The van der Waals surface area contributed by atoms with Crippen LogP contribution in [0.25, 0.3) is 0 Å². The summed E-state index contributed by atoms with van der Waals surface area (Å²) in [6.07, 6.45) is 1.55. The van der Waals surface area contributed by atoms with Crippen molar-refractivity contribution in [2.45, 2.75) is 13.0 Å². The molecule has 0 spiro atoms. The maximum Gasteiger partial charge on any atom is 0.253 e. The van der Waals surface area contributed by atoms with E-state index in [-0.39, 0.29) is 22.2 Å². The van der Waals surface area contributed by atoms with Gasteiger partial charge in [-0.2, -0.15) is 0 Å². The number of carbonyl (C=O) groups excluding carboxylic acids is 2. The molecule has 0 saturated heterocycles. The minimum Gasteiger partial charge on any atom is -0.366 e. The van der Waals surface area contributed by atoms with Crippen LogP contribution in [0.2, 0.25) is 5.02 Å². The smallest absolute Gasteiger partial charge is 0.253 e. The second kappa shape index (κ2) is 6.68. The zero-order valence-electron chi connectivity index (χ0n) is 10.6. The summed E-state index contributed by atoms with van der Waals surface area (Å²) in [6.45, 7) is 1.72. The highest BCUT2D eigenvalue weighted by atomic mass is 35.5. The topological polar surface area (TPSA) is 89.3 Å². The Hall–Kier alpha value is -1.40. The van der Waals surface area contributed by atoms with E-state index in [2.05, 4.69) is 5.32 Å². The second-order valence-electron chi connectivity index (χ2n) is 4.14. The standard InChI is InChI=1S/C12H15ClN2O3S/c1-7(6-19(2)18)15-12(17)10-8(11(14)16)4-3-5-9(10)13/h3-5,7H,6H2,1-2H3,(H2,14,16)(H,15,17)/t7-,19?/m0/s1. The zero-order valence-corrected chi connectivity index (χ0v) is 12.2. The Labute approximate surface area is 119 Å². The fraction of sp³-hybridized carbons (Fsp3) is 0.333. The summed E-state index contributed by atoms with van der Waals surface area (Å²) >= 11 is 5.93. The molecule has 0 aliphatic heterocycles. The lowest BCUT2D eigenvalue weighted by Crippen LogP contribution is -2.37. The maximum atomic E-state index is 12.1. The van der Waals surface area contributed by atoms with Crippen LogP contribution >= 0.6 is 11.6 Å². The Balaban J connectivity index is 2.99. The van der Waals surface area contributed by atoms with Crippen LogP contribution in [-0.4, -0.2) is 34.1 Å². The lowest BCUT2D eigenvalue weighted by Gasteiger charge is -2.14. The van der Waals surface area contributed by atoms with Crippen molar-refractivity contribution < 1.29 is 13.8 Å². The molecule has 1 rings (SSSR count). The molecule has 1 unspecified atom stereocenters. The van der Waals surface area contributed by atoms with Gasteiger partial charge in [-0.15, -0.1) is 0 Å². The number of rotatable bonds is 5. The second-order valence-corrected chi connectivity index (χ2v) is 6.03. The van der Waals surface area contributed by atoms with Gasteiger partial charge in [-0.25, -0.2) is 0 Å². The van der Waals surface area contributed by atoms with Crippen LogP contribution in [0.1, 0.15) is 27.6 Å². The van der Waals surface area contributed by atoms with E-state index in [1.54, 1.807) is 19.2 Å². The minimum absolute atomic E-state index is 0.0467. The van der Waals surface area contributed by atoms with Crippen LogP contribution in [0.4, 0.5) is 0 Å². The van der Waals surface area contributed by atoms with E-state index in [1.807, 2.05) is 0 Å². The van der Waals surface area contributed by atoms with Gasteiger partial charge in [-0.3, -0.25) is 13.8 Å². The van der Waals surface area contributed by atoms with Crippen molar-refractivity contribution in [3.63, 3.8) is 0 Å². The van der Waals surface area contributed by atoms with E-state index in [1.165, 1.54) is 12.1 Å². The van der Waals surface area contributed by atoms with Crippen LogP contribution in [0.5, 0.6) is 0 Å². The average molecular weight is 303 g/mol. The Morgan fingerprint density at radius 1 is 1.47 bits per heavy atom. The molecule has 0 aromatic heterocycles. The Morgan fingerprint density at radius 2 is 2.11 bits per heavy atom. The molecule has 1 aromatic rings. The Bertz CT molecular complexity index is 534. The minimum atomic E-state index is -1.03. The summed E-state index contributed by atoms with van der Waals surface area (Å²) in [7, 11) is -1.03. The molecule has 1 aromatic carbocycles. The van der Waals surface area contributed by atoms with Crippen LogP contribution in [0.3, 0.4) is 0 Å². The van der Waals surface area contributed by atoms with Crippen molar-refractivity contribution in [2.75, 3.05) is 12.0 Å². The molecular formula is C12H15ClN2O3S. The first-order chi connectivity index (χ1) is 8.82. The first-order valence-corrected chi connectivity index (χ1v) is 7.62. The molecule has 2 amide bonds. The van der Waals surface area contributed by atoms with Gasteiger partial charge < -0.3 is 11.1 Å². The monoisotopic (exact) mass is 302 g/mol. The van der Waals surface area contributed by atoms with Gasteiger partial charge in [0.15, 0.2) is 0 Å². The van der Waals surface area contributed by atoms with E-state index in [0.29, 0.717) is 5.75 Å². The molecule has 0 fully saturated rings. The molecule has 7 heteroatoms. The molecule has 5 nitrogen and oxygen atoms in total. The van der Waals surface area contributed by atoms with E-state index in [9.17, 15) is 13.8 Å². The third-order valence-electron chi connectivity index (χ3n) is 2.37. The highest BCUT2D eigenvalue weighted by Gasteiger charge is 2.20. The van der Waals surface area contributed by atoms with Crippen molar-refractivity contribution >= 4 is 34.2 Å². The summed E-state index contributed by atoms with van der Waals surface area (Å²) in [6, 6.07) is 4.19. The maximum absolute atomic E-state index is 12.1. The molecule has 0 saturated carbocycles. The molecule has 19 heavy (non-hydrogen) atoms. The largest absolute Gasteiger partial charge is 0.366 e. The first kappa shape index (κ1) is 15.7. The lowest BCUT2D eigenvalue weighted by atomic mass is 10.1. The number of carbonyl (C=O) groups is 2. The van der Waals surface area contributed by atoms with E-state index >= 15 is 0 Å². The normalized spacial score (nSPS) is 13.6. The van der Waals surface area contributed by atoms with Gasteiger partial charge in [0.05, 0.1) is 16.1 Å². The number of halogens is 1. The lowest BCUT2D eigenvalue weighted by molar-refractivity contribution is 0.0928. The highest BCUT2D eigenvalue weighted by Crippen LogP contribution is 2.20. The molecule has 0 radical (unpaired) electrons. The number of nitrogens with one attached hydrogen (secondary N) is 1. The number of amides is 2. The van der Waals surface area contributed by atoms with Crippen molar-refractivity contribution in [2.24, 2.45) is 5.73 Å². The van der Waals surface area contributed by atoms with Crippen LogP contribution in [0.15, 0.2) is 18.2 Å². The molecule has 3 N–H and O–H groups in total. The molecule has 0 bridgehead atoms. The quantitative estimate of drug-likeness (QED) is 0.848. The molecule has 2 atom stereocenters. The Morgan fingerprint density at radius 3 is 2.63 bits per heavy atom. The summed E-state index contributed by atoms with van der Waals surface area (Å²) in [5, 5.41) is 2.79. The summed E-state index contributed by atoms with van der Waals surface area (Å²) in [5.74, 6) is -0.904. The third-order valence-corrected chi connectivity index (χ3v) is 3.65. The van der Waals surface area contributed by atoms with Gasteiger partial charge in [-0.05, 0) is 19.1 Å². The van der Waals surface area contributed by atoms with Crippen molar-refractivity contribution in [3.05, 3.63) is 34.3 Å². The van der Waals surface area contributed by atoms with Gasteiger partial charge in [0.1, 0.15) is 0 Å². The summed E-state index contributed by atoms with van der Waals surface area (Å²) < 4.78 is 11.1. The third kappa shape index (κ3) is 4.33. The van der Waals surface area contributed by atoms with Gasteiger partial charge in [0.25, 0.3) is 5.91 Å². The predicted molar refractivity (Wildman–Crippen MR) is 75.8 cm³/mol. The fourth-order valence-corrected chi connectivity index (χ4v) is 2.70. The highest BCUT2D eigenvalue weighted by molar-refractivity contribution is 7.84. The molecular weight excluding hydrogens is 288 g/mol. The SMILES string of the molecule is C[C@@H](CS(C)=O)NC(=O)c1c(Cl)cccc1C(N)=O. The number of nitrogens with two attached hydrogens (primary N) is 1. The van der Waals surface area contributed by atoms with Crippen LogP contribution in [0, 0.1) is 0 Å². The van der Waals surface area contributed by atoms with E-state index < -0.39 is 22.6 Å². The molecule has 0 aliphatic carbocycles. The number of hydrogen-bond donors (Lipinski definition) is 2. The average Bonchev–Trinajstić information content (AvgIpc) is 2.26. The van der Waals surface area contributed by atoms with Gasteiger partial charge >= 0.3 is 0 Å². The number of primary amides is 1. The van der Waals surface area contributed by atoms with E-state index in [4.69, 9.17) is 17.3 Å². The molecule has 0 aliphatic rings. The van der Waals surface area contributed by atoms with Crippen molar-refractivity contribution in [3.8, 4) is 0 Å². The number of benzene rings is 1. The molecule has 0 heterocycles. The van der Waals surface area contributed by atoms with E-state index in [0.717, 1.165) is 0 Å². The first-order valence-electron chi connectivity index (χ1n) is 5.52. The Kier molecular flexibility index (Phi) is 5.50. The van der Waals surface area contributed by atoms with Gasteiger partial charge in [-0.1, -0.05) is 17.7 Å². The van der Waals surface area contributed by atoms with Crippen molar-refractivity contribution in [1.29, 1.82) is 0 Å². The zero-order chi connectivity index (χ0) is 14.6. The van der Waals surface area contributed by atoms with Gasteiger partial charge in [0.2, 0.25) is 5.91 Å². The number of hydrogen-bond acceptors (Lipinski definition) is 3. The van der Waals surface area contributed by atoms with Crippen molar-refractivity contribution in [1.82, 2.24) is 5.32 Å². The van der Waals surface area contributed by atoms with Crippen LogP contribution in [-0.2, 0) is 10.8 Å². The van der Waals surface area contributed by atoms with Gasteiger partial charge in [0, 0.05) is 28.9 Å². The molecule has 104 valence electrons.